The molecule has 0 rings (SSSR count). The molecule has 0 aliphatic carbocycles. The lowest BCUT2D eigenvalue weighted by Gasteiger charge is -2.16. The quantitative estimate of drug-likeness (QED) is 0.608. The van der Waals surface area contributed by atoms with E-state index in [1.54, 1.807) is 6.92 Å². The Morgan fingerprint density at radius 3 is 2.00 bits per heavy atom. The zero-order chi connectivity index (χ0) is 16.5. The van der Waals surface area contributed by atoms with Gasteiger partial charge in [-0.2, -0.15) is 13.2 Å². The molecule has 0 saturated carbocycles. The topological polar surface area (TPSA) is 52.6 Å². The van der Waals surface area contributed by atoms with Crippen LogP contribution in [0.15, 0.2) is 0 Å². The number of halogens is 3. The summed E-state index contributed by atoms with van der Waals surface area (Å²) < 4.78 is 45.8. The molecule has 0 radical (unpaired) electrons. The molecule has 0 heterocycles. The zero-order valence-corrected chi connectivity index (χ0v) is 12.7. The minimum absolute atomic E-state index is 0.00797. The Hall–Kier alpha value is -1.27. The maximum atomic E-state index is 12.2. The second kappa shape index (κ2) is 9.63. The number of esters is 2. The highest BCUT2D eigenvalue weighted by Gasteiger charge is 2.38. The third-order valence-corrected chi connectivity index (χ3v) is 2.83. The van der Waals surface area contributed by atoms with Gasteiger partial charge in [-0.05, 0) is 26.7 Å². The van der Waals surface area contributed by atoms with Crippen molar-refractivity contribution in [3.63, 3.8) is 0 Å². The predicted molar refractivity (Wildman–Crippen MR) is 70.5 cm³/mol. The average molecular weight is 312 g/mol. The fourth-order valence-electron chi connectivity index (χ4n) is 1.53. The number of carbonyl (C=O) groups is 2. The van der Waals surface area contributed by atoms with Crippen molar-refractivity contribution >= 4 is 11.9 Å². The normalized spacial score (nSPS) is 14.4. The average Bonchev–Trinajstić information content (AvgIpc) is 2.34. The molecule has 0 aliphatic heterocycles. The molecule has 0 spiro atoms. The number of rotatable bonds is 9. The van der Waals surface area contributed by atoms with Crippen LogP contribution in [0.2, 0.25) is 0 Å². The maximum absolute atomic E-state index is 12.2. The predicted octanol–water partition coefficient (Wildman–Crippen LogP) is 3.77. The van der Waals surface area contributed by atoms with Crippen molar-refractivity contribution in [2.24, 2.45) is 0 Å². The fourth-order valence-corrected chi connectivity index (χ4v) is 1.53. The number of hydrogen-bond acceptors (Lipinski definition) is 4. The molecule has 0 bridgehead atoms. The molecule has 2 unspecified atom stereocenters. The van der Waals surface area contributed by atoms with E-state index in [4.69, 9.17) is 4.74 Å². The van der Waals surface area contributed by atoms with Crippen LogP contribution in [0, 0.1) is 0 Å². The summed E-state index contributed by atoms with van der Waals surface area (Å²) in [5.74, 6) is -1.41. The highest BCUT2D eigenvalue weighted by Crippen LogP contribution is 2.22. The van der Waals surface area contributed by atoms with E-state index in [9.17, 15) is 22.8 Å². The van der Waals surface area contributed by atoms with Gasteiger partial charge in [-0.1, -0.05) is 19.8 Å². The molecule has 0 aromatic carbocycles. The van der Waals surface area contributed by atoms with Crippen LogP contribution in [0.3, 0.4) is 0 Å². The van der Waals surface area contributed by atoms with Crippen molar-refractivity contribution in [1.82, 2.24) is 0 Å². The van der Waals surface area contributed by atoms with Gasteiger partial charge in [0, 0.05) is 12.8 Å². The van der Waals surface area contributed by atoms with Gasteiger partial charge in [-0.15, -0.1) is 0 Å². The van der Waals surface area contributed by atoms with Crippen LogP contribution in [0.25, 0.3) is 0 Å². The SMILES string of the molecule is CCCCC(C)OC(=O)CCCC(=O)OC(C)C(F)(F)F. The fraction of sp³-hybridized carbons (Fsp3) is 0.857. The molecular formula is C14H23F3O4. The lowest BCUT2D eigenvalue weighted by Crippen LogP contribution is -2.30. The summed E-state index contributed by atoms with van der Waals surface area (Å²) in [6, 6.07) is 0. The van der Waals surface area contributed by atoms with Crippen molar-refractivity contribution in [2.45, 2.75) is 77.7 Å². The smallest absolute Gasteiger partial charge is 0.425 e. The van der Waals surface area contributed by atoms with Gasteiger partial charge in [0.25, 0.3) is 0 Å². The van der Waals surface area contributed by atoms with Gasteiger partial charge in [0.2, 0.25) is 0 Å². The van der Waals surface area contributed by atoms with E-state index in [0.717, 1.165) is 26.2 Å². The summed E-state index contributed by atoms with van der Waals surface area (Å²) in [7, 11) is 0. The summed E-state index contributed by atoms with van der Waals surface area (Å²) >= 11 is 0. The Kier molecular flexibility index (Phi) is 9.05. The molecule has 21 heavy (non-hydrogen) atoms. The molecule has 0 amide bonds. The molecule has 2 atom stereocenters. The number of hydrogen-bond donors (Lipinski definition) is 0. The molecule has 0 N–H and O–H groups in total. The van der Waals surface area contributed by atoms with Gasteiger partial charge in [0.05, 0.1) is 6.10 Å². The highest BCUT2D eigenvalue weighted by molar-refractivity contribution is 5.72. The first-order chi connectivity index (χ1) is 9.66. The lowest BCUT2D eigenvalue weighted by molar-refractivity contribution is -0.216. The van der Waals surface area contributed by atoms with Crippen LogP contribution < -0.4 is 0 Å². The Balaban J connectivity index is 3.83. The van der Waals surface area contributed by atoms with Crippen LogP contribution in [-0.2, 0) is 19.1 Å². The Morgan fingerprint density at radius 1 is 1.00 bits per heavy atom. The van der Waals surface area contributed by atoms with E-state index < -0.39 is 24.2 Å². The standard InChI is InChI=1S/C14H23F3O4/c1-4-5-7-10(2)20-12(18)8-6-9-13(19)21-11(3)14(15,16)17/h10-11H,4-9H2,1-3H3. The second-order valence-corrected chi connectivity index (χ2v) is 4.97. The van der Waals surface area contributed by atoms with Gasteiger partial charge in [-0.25, -0.2) is 0 Å². The molecule has 0 aromatic rings. The molecule has 4 nitrogen and oxygen atoms in total. The lowest BCUT2D eigenvalue weighted by atomic mass is 10.2. The highest BCUT2D eigenvalue weighted by atomic mass is 19.4. The number of ether oxygens (including phenoxy) is 2. The minimum atomic E-state index is -4.57. The monoisotopic (exact) mass is 312 g/mol. The Bertz CT molecular complexity index is 329. The van der Waals surface area contributed by atoms with Gasteiger partial charge in [-0.3, -0.25) is 9.59 Å². The molecule has 124 valence electrons. The summed E-state index contributed by atoms with van der Waals surface area (Å²) in [6.45, 7) is 4.58. The number of alkyl halides is 3. The van der Waals surface area contributed by atoms with Crippen LogP contribution in [0.4, 0.5) is 13.2 Å². The van der Waals surface area contributed by atoms with E-state index in [-0.39, 0.29) is 25.4 Å². The first-order valence-electron chi connectivity index (χ1n) is 7.12. The summed E-state index contributed by atoms with van der Waals surface area (Å²) in [6.07, 6.45) is -4.29. The third-order valence-electron chi connectivity index (χ3n) is 2.83. The molecule has 0 saturated heterocycles. The maximum Gasteiger partial charge on any atom is 0.425 e. The van der Waals surface area contributed by atoms with E-state index in [2.05, 4.69) is 4.74 Å². The van der Waals surface area contributed by atoms with E-state index in [0.29, 0.717) is 0 Å². The van der Waals surface area contributed by atoms with Crippen molar-refractivity contribution in [2.75, 3.05) is 0 Å². The van der Waals surface area contributed by atoms with Crippen LogP contribution in [0.5, 0.6) is 0 Å². The summed E-state index contributed by atoms with van der Waals surface area (Å²) in [5.41, 5.74) is 0. The minimum Gasteiger partial charge on any atom is -0.463 e. The second-order valence-electron chi connectivity index (χ2n) is 4.97. The Labute approximate surface area is 123 Å². The van der Waals surface area contributed by atoms with E-state index >= 15 is 0 Å². The molecule has 0 fully saturated rings. The first-order valence-corrected chi connectivity index (χ1v) is 7.12. The Morgan fingerprint density at radius 2 is 1.52 bits per heavy atom. The molecule has 7 heteroatoms. The largest absolute Gasteiger partial charge is 0.463 e. The van der Waals surface area contributed by atoms with Crippen LogP contribution in [-0.4, -0.2) is 30.3 Å². The molecule has 0 aliphatic rings. The van der Waals surface area contributed by atoms with E-state index in [1.165, 1.54) is 0 Å². The van der Waals surface area contributed by atoms with Crippen LogP contribution >= 0.6 is 0 Å². The van der Waals surface area contributed by atoms with Gasteiger partial charge in [0.1, 0.15) is 0 Å². The molecule has 0 aromatic heterocycles. The van der Waals surface area contributed by atoms with Gasteiger partial charge in [0.15, 0.2) is 6.10 Å². The van der Waals surface area contributed by atoms with E-state index in [1.807, 2.05) is 6.92 Å². The van der Waals surface area contributed by atoms with Gasteiger partial charge < -0.3 is 9.47 Å². The van der Waals surface area contributed by atoms with Crippen LogP contribution in [0.1, 0.15) is 59.3 Å². The number of carbonyl (C=O) groups excluding carboxylic acids is 2. The number of unbranched alkanes of at least 4 members (excludes halogenated alkanes) is 1. The third kappa shape index (κ3) is 10.1. The summed E-state index contributed by atoms with van der Waals surface area (Å²) in [5, 5.41) is 0. The zero-order valence-electron chi connectivity index (χ0n) is 12.7. The van der Waals surface area contributed by atoms with Gasteiger partial charge >= 0.3 is 18.1 Å². The summed E-state index contributed by atoms with van der Waals surface area (Å²) in [4.78, 5) is 22.6. The van der Waals surface area contributed by atoms with Crippen molar-refractivity contribution in [3.8, 4) is 0 Å². The van der Waals surface area contributed by atoms with Crippen molar-refractivity contribution in [1.29, 1.82) is 0 Å². The van der Waals surface area contributed by atoms with Crippen molar-refractivity contribution < 1.29 is 32.2 Å². The first kappa shape index (κ1) is 19.7. The van der Waals surface area contributed by atoms with Crippen molar-refractivity contribution in [3.05, 3.63) is 0 Å². The molecular weight excluding hydrogens is 289 g/mol.